The van der Waals surface area contributed by atoms with Gasteiger partial charge in [-0.3, -0.25) is 19.3 Å². The molecule has 0 aliphatic carbocycles. The van der Waals surface area contributed by atoms with E-state index in [0.29, 0.717) is 16.7 Å². The largest absolute Gasteiger partial charge is 0.430 e. The summed E-state index contributed by atoms with van der Waals surface area (Å²) in [6.45, 7) is 0.117. The summed E-state index contributed by atoms with van der Waals surface area (Å²) < 4.78 is 36.5. The minimum absolute atomic E-state index is 0.0524. The lowest BCUT2D eigenvalue weighted by Crippen LogP contribution is -2.34. The normalized spacial score (nSPS) is 14.9. The molecule has 0 spiro atoms. The molecule has 3 amide bonds. The number of halogens is 2. The van der Waals surface area contributed by atoms with Gasteiger partial charge in [0.05, 0.1) is 29.6 Å². The molecule has 2 aromatic carbocycles. The van der Waals surface area contributed by atoms with E-state index in [2.05, 4.69) is 15.5 Å². The maximum Gasteiger partial charge on any atom is 0.289 e. The van der Waals surface area contributed by atoms with E-state index < -0.39 is 29.4 Å². The predicted octanol–water partition coefficient (Wildman–Crippen LogP) is 4.26. The van der Waals surface area contributed by atoms with Gasteiger partial charge in [0.2, 0.25) is 0 Å². The van der Waals surface area contributed by atoms with Crippen LogP contribution in [0.25, 0.3) is 11.3 Å². The Balaban J connectivity index is 1.17. The molecular formula is C27H18F2N6O5. The lowest BCUT2D eigenvalue weighted by molar-refractivity contribution is 0.0639. The fourth-order valence-corrected chi connectivity index (χ4v) is 4.77. The van der Waals surface area contributed by atoms with Gasteiger partial charge in [0.15, 0.2) is 5.76 Å². The van der Waals surface area contributed by atoms with Gasteiger partial charge in [0.25, 0.3) is 23.6 Å². The Bertz CT molecular complexity index is 1680. The number of carbonyl (C=O) groups is 3. The Morgan fingerprint density at radius 2 is 1.73 bits per heavy atom. The summed E-state index contributed by atoms with van der Waals surface area (Å²) in [5.74, 6) is -3.30. The Morgan fingerprint density at radius 3 is 2.33 bits per heavy atom. The molecule has 2 aliphatic rings. The number of amides is 3. The molecule has 0 radical (unpaired) electrons. The minimum atomic E-state index is -0.828. The van der Waals surface area contributed by atoms with E-state index in [0.717, 1.165) is 21.7 Å². The highest BCUT2D eigenvalue weighted by Gasteiger charge is 2.35. The second-order valence-corrected chi connectivity index (χ2v) is 9.14. The Labute approximate surface area is 224 Å². The van der Waals surface area contributed by atoms with Gasteiger partial charge in [-0.25, -0.2) is 13.5 Å². The van der Waals surface area contributed by atoms with Crippen LogP contribution in [0.5, 0.6) is 0 Å². The van der Waals surface area contributed by atoms with Gasteiger partial charge < -0.3 is 9.32 Å². The Hall–Kier alpha value is -5.33. The van der Waals surface area contributed by atoms with Gasteiger partial charge in [0, 0.05) is 42.0 Å². The molecule has 0 saturated heterocycles. The fraction of sp³-hybridized carbons (Fsp3) is 0.148. The molecule has 0 N–H and O–H groups in total. The molecule has 0 unspecified atom stereocenters. The van der Waals surface area contributed by atoms with Crippen molar-refractivity contribution in [3.8, 4) is 5.69 Å². The first-order chi connectivity index (χ1) is 19.3. The number of benzene rings is 2. The highest BCUT2D eigenvalue weighted by atomic mass is 19.1. The average molecular weight is 544 g/mol. The van der Waals surface area contributed by atoms with E-state index >= 15 is 8.78 Å². The van der Waals surface area contributed by atoms with Crippen molar-refractivity contribution in [1.29, 1.82) is 0 Å². The van der Waals surface area contributed by atoms with Crippen molar-refractivity contribution in [2.45, 2.75) is 13.0 Å². The van der Waals surface area contributed by atoms with Crippen molar-refractivity contribution in [1.82, 2.24) is 24.8 Å². The summed E-state index contributed by atoms with van der Waals surface area (Å²) in [5, 5.41) is 10.5. The first-order valence-electron chi connectivity index (χ1n) is 12.1. The van der Waals surface area contributed by atoms with Gasteiger partial charge in [-0.1, -0.05) is 23.4 Å². The molecule has 2 aliphatic heterocycles. The van der Waals surface area contributed by atoms with Crippen LogP contribution < -0.4 is 0 Å². The predicted molar refractivity (Wildman–Crippen MR) is 135 cm³/mol. The van der Waals surface area contributed by atoms with E-state index in [4.69, 9.17) is 4.42 Å². The third-order valence-corrected chi connectivity index (χ3v) is 6.74. The number of furan rings is 1. The van der Waals surface area contributed by atoms with Crippen molar-refractivity contribution in [2.75, 3.05) is 13.1 Å². The van der Waals surface area contributed by atoms with Crippen LogP contribution in [0.1, 0.15) is 48.9 Å². The first kappa shape index (κ1) is 25.0. The summed E-state index contributed by atoms with van der Waals surface area (Å²) in [7, 11) is 0. The van der Waals surface area contributed by atoms with Gasteiger partial charge in [-0.2, -0.15) is 0 Å². The maximum absolute atomic E-state index is 15.2. The van der Waals surface area contributed by atoms with E-state index in [1.54, 1.807) is 30.3 Å². The Kier molecular flexibility index (Phi) is 6.10. The zero-order chi connectivity index (χ0) is 28.0. The number of aromatic nitrogens is 3. The zero-order valence-corrected chi connectivity index (χ0v) is 20.6. The van der Waals surface area contributed by atoms with Crippen molar-refractivity contribution in [3.63, 3.8) is 0 Å². The number of hydrogen-bond acceptors (Lipinski definition) is 8. The van der Waals surface area contributed by atoms with Crippen molar-refractivity contribution in [3.05, 3.63) is 105 Å². The number of imide groups is 1. The third kappa shape index (κ3) is 4.26. The molecule has 4 aromatic rings. The van der Waals surface area contributed by atoms with Crippen LogP contribution in [-0.4, -0.2) is 55.6 Å². The van der Waals surface area contributed by atoms with E-state index in [1.165, 1.54) is 23.2 Å². The molecule has 40 heavy (non-hydrogen) atoms. The highest BCUT2D eigenvalue weighted by Crippen LogP contribution is 2.30. The van der Waals surface area contributed by atoms with Crippen molar-refractivity contribution >= 4 is 29.2 Å². The number of nitrogens with zero attached hydrogens (tertiary/aromatic N) is 6. The lowest BCUT2D eigenvalue weighted by Gasteiger charge is -2.26. The van der Waals surface area contributed by atoms with Crippen LogP contribution in [0, 0.1) is 16.5 Å². The number of fused-ring (bicyclic) bond motifs is 1. The SMILES string of the molecule is O=Nc1ccc(C(=O)N2CC=C(c3c(F)cc(-n4cc(CN5C(=O)c6ccccc6C5=O)nn4)cc3F)CC2)o1. The molecule has 2 aromatic heterocycles. The van der Waals surface area contributed by atoms with Crippen molar-refractivity contribution < 1.29 is 27.6 Å². The second-order valence-electron chi connectivity index (χ2n) is 9.14. The summed E-state index contributed by atoms with van der Waals surface area (Å²) in [6, 6.07) is 11.3. The monoisotopic (exact) mass is 544 g/mol. The summed E-state index contributed by atoms with van der Waals surface area (Å²) in [6.07, 6.45) is 3.13. The summed E-state index contributed by atoms with van der Waals surface area (Å²) in [4.78, 5) is 50.8. The highest BCUT2D eigenvalue weighted by molar-refractivity contribution is 6.21. The Morgan fingerprint density at radius 1 is 1.02 bits per heavy atom. The van der Waals surface area contributed by atoms with Crippen LogP contribution in [0.15, 0.2) is 70.4 Å². The molecule has 11 nitrogen and oxygen atoms in total. The van der Waals surface area contributed by atoms with Gasteiger partial charge >= 0.3 is 0 Å². The molecule has 0 fully saturated rings. The van der Waals surface area contributed by atoms with Crippen LogP contribution in [0.2, 0.25) is 0 Å². The van der Waals surface area contributed by atoms with Gasteiger partial charge in [-0.05, 0) is 30.2 Å². The lowest BCUT2D eigenvalue weighted by atomic mass is 9.97. The second kappa shape index (κ2) is 9.76. The molecule has 4 heterocycles. The fourth-order valence-electron chi connectivity index (χ4n) is 4.77. The molecule has 200 valence electrons. The molecule has 0 bridgehead atoms. The van der Waals surface area contributed by atoms with Crippen LogP contribution >= 0.6 is 0 Å². The van der Waals surface area contributed by atoms with E-state index in [-0.39, 0.29) is 54.6 Å². The summed E-state index contributed by atoms with van der Waals surface area (Å²) in [5.41, 5.74) is 1.10. The quantitative estimate of drug-likeness (QED) is 0.262. The van der Waals surface area contributed by atoms with E-state index in [9.17, 15) is 19.3 Å². The molecule has 0 saturated carbocycles. The van der Waals surface area contributed by atoms with Crippen molar-refractivity contribution in [2.24, 2.45) is 5.18 Å². The smallest absolute Gasteiger partial charge is 0.289 e. The number of hydrogen-bond donors (Lipinski definition) is 0. The number of nitroso groups, excluding NO2 is 1. The van der Waals surface area contributed by atoms with Gasteiger partial charge in [0.1, 0.15) is 17.3 Å². The van der Waals surface area contributed by atoms with Crippen LogP contribution in [0.4, 0.5) is 14.7 Å². The molecule has 0 atom stereocenters. The molecule has 6 rings (SSSR count). The van der Waals surface area contributed by atoms with Gasteiger partial charge in [-0.15, -0.1) is 10.0 Å². The average Bonchev–Trinajstić information content (AvgIpc) is 3.69. The number of rotatable bonds is 6. The van der Waals surface area contributed by atoms with Crippen LogP contribution in [0.3, 0.4) is 0 Å². The maximum atomic E-state index is 15.2. The molecular weight excluding hydrogens is 526 g/mol. The number of carbonyl (C=O) groups excluding carboxylic acids is 3. The topological polar surface area (TPSA) is 131 Å². The van der Waals surface area contributed by atoms with Crippen LogP contribution in [-0.2, 0) is 6.54 Å². The zero-order valence-electron chi connectivity index (χ0n) is 20.6. The summed E-state index contributed by atoms with van der Waals surface area (Å²) >= 11 is 0. The minimum Gasteiger partial charge on any atom is -0.430 e. The van der Waals surface area contributed by atoms with E-state index in [1.807, 2.05) is 0 Å². The first-order valence-corrected chi connectivity index (χ1v) is 12.1. The third-order valence-electron chi connectivity index (χ3n) is 6.74. The standard InChI is InChI=1S/C27H18F2N6O5/c28-20-11-17(35-14-16(30-32-35)13-34-25(36)18-3-1-2-4-19(18)26(34)37)12-21(29)24(20)15-7-9-33(10-8-15)27(38)22-5-6-23(31-39)40-22/h1-7,11-12,14H,8-10,13H2. The molecule has 13 heteroatoms.